The maximum Gasteiger partial charge on any atom is 0.233 e. The molecule has 21 heavy (non-hydrogen) atoms. The molecule has 0 aliphatic carbocycles. The maximum absolute atomic E-state index is 13.3. The second kappa shape index (κ2) is 5.69. The standard InChI is InChI=1S/C13H14ClFN6/c14-8-5-9(15)7-10(6-8)17-12-18-11(16)19-13(20-12)21-3-1-2-4-21/h5-7H,1-4H2,(H3,16,17,18,19,20). The Kier molecular flexibility index (Phi) is 3.74. The van der Waals surface area contributed by atoms with E-state index in [0.717, 1.165) is 25.9 Å². The van der Waals surface area contributed by atoms with Gasteiger partial charge in [0.15, 0.2) is 0 Å². The molecule has 0 saturated carbocycles. The summed E-state index contributed by atoms with van der Waals surface area (Å²) in [6, 6.07) is 4.12. The quantitative estimate of drug-likeness (QED) is 0.907. The zero-order valence-corrected chi connectivity index (χ0v) is 11.9. The third-order valence-electron chi connectivity index (χ3n) is 3.15. The molecular formula is C13H14ClFN6. The highest BCUT2D eigenvalue weighted by Gasteiger charge is 2.16. The Balaban J connectivity index is 1.87. The fraction of sp³-hybridized carbons (Fsp3) is 0.308. The van der Waals surface area contributed by atoms with Gasteiger partial charge in [-0.25, -0.2) is 4.39 Å². The molecule has 1 aromatic heterocycles. The van der Waals surface area contributed by atoms with E-state index in [0.29, 0.717) is 16.7 Å². The van der Waals surface area contributed by atoms with E-state index in [1.54, 1.807) is 6.07 Å². The number of hydrogen-bond acceptors (Lipinski definition) is 6. The molecule has 0 unspecified atom stereocenters. The first-order chi connectivity index (χ1) is 10.1. The van der Waals surface area contributed by atoms with Crippen molar-refractivity contribution in [1.82, 2.24) is 15.0 Å². The number of hydrogen-bond donors (Lipinski definition) is 2. The van der Waals surface area contributed by atoms with Crippen LogP contribution < -0.4 is 16.0 Å². The van der Waals surface area contributed by atoms with E-state index in [1.165, 1.54) is 12.1 Å². The Morgan fingerprint density at radius 3 is 2.62 bits per heavy atom. The molecule has 1 saturated heterocycles. The fourth-order valence-electron chi connectivity index (χ4n) is 2.25. The lowest BCUT2D eigenvalue weighted by molar-refractivity contribution is 0.628. The Bertz CT molecular complexity index is 639. The molecule has 2 heterocycles. The molecule has 0 spiro atoms. The second-order valence-corrected chi connectivity index (χ2v) is 5.23. The smallest absolute Gasteiger partial charge is 0.233 e. The van der Waals surface area contributed by atoms with Crippen molar-refractivity contribution >= 4 is 35.1 Å². The van der Waals surface area contributed by atoms with Crippen LogP contribution in [0, 0.1) is 5.82 Å². The first-order valence-electron chi connectivity index (χ1n) is 6.60. The highest BCUT2D eigenvalue weighted by Crippen LogP contribution is 2.22. The van der Waals surface area contributed by atoms with E-state index in [1.807, 2.05) is 4.90 Å². The summed E-state index contributed by atoms with van der Waals surface area (Å²) >= 11 is 5.82. The third-order valence-corrected chi connectivity index (χ3v) is 3.37. The van der Waals surface area contributed by atoms with Crippen LogP contribution in [0.4, 0.5) is 27.9 Å². The van der Waals surface area contributed by atoms with Gasteiger partial charge in [0.05, 0.1) is 0 Å². The summed E-state index contributed by atoms with van der Waals surface area (Å²) < 4.78 is 13.3. The molecule has 1 aliphatic rings. The monoisotopic (exact) mass is 308 g/mol. The Morgan fingerprint density at radius 1 is 1.14 bits per heavy atom. The predicted molar refractivity (Wildman–Crippen MR) is 80.4 cm³/mol. The van der Waals surface area contributed by atoms with Crippen LogP contribution in [0.5, 0.6) is 0 Å². The highest BCUT2D eigenvalue weighted by molar-refractivity contribution is 6.30. The molecule has 2 aromatic rings. The number of nitrogens with two attached hydrogens (primary N) is 1. The van der Waals surface area contributed by atoms with Crippen LogP contribution in [-0.4, -0.2) is 28.0 Å². The molecule has 0 bridgehead atoms. The van der Waals surface area contributed by atoms with Gasteiger partial charge in [-0.1, -0.05) is 11.6 Å². The Labute approximate surface area is 126 Å². The van der Waals surface area contributed by atoms with E-state index in [2.05, 4.69) is 20.3 Å². The van der Waals surface area contributed by atoms with Crippen LogP contribution in [0.25, 0.3) is 0 Å². The van der Waals surface area contributed by atoms with Gasteiger partial charge in [-0.05, 0) is 31.0 Å². The summed E-state index contributed by atoms with van der Waals surface area (Å²) in [5, 5.41) is 3.19. The number of rotatable bonds is 3. The van der Waals surface area contributed by atoms with Crippen molar-refractivity contribution < 1.29 is 4.39 Å². The lowest BCUT2D eigenvalue weighted by Gasteiger charge is -2.16. The van der Waals surface area contributed by atoms with Crippen LogP contribution in [0.1, 0.15) is 12.8 Å². The average Bonchev–Trinajstić information content (AvgIpc) is 2.90. The van der Waals surface area contributed by atoms with Gasteiger partial charge in [0.2, 0.25) is 17.8 Å². The largest absolute Gasteiger partial charge is 0.368 e. The van der Waals surface area contributed by atoms with Crippen molar-refractivity contribution in [3.8, 4) is 0 Å². The second-order valence-electron chi connectivity index (χ2n) is 4.79. The fourth-order valence-corrected chi connectivity index (χ4v) is 2.47. The van der Waals surface area contributed by atoms with Crippen LogP contribution in [0.3, 0.4) is 0 Å². The molecule has 1 aliphatic heterocycles. The van der Waals surface area contributed by atoms with E-state index in [-0.39, 0.29) is 11.9 Å². The lowest BCUT2D eigenvalue weighted by Crippen LogP contribution is -2.21. The van der Waals surface area contributed by atoms with Crippen molar-refractivity contribution in [1.29, 1.82) is 0 Å². The van der Waals surface area contributed by atoms with Crippen LogP contribution in [0.15, 0.2) is 18.2 Å². The molecule has 3 rings (SSSR count). The normalized spacial score (nSPS) is 14.5. The Morgan fingerprint density at radius 2 is 1.90 bits per heavy atom. The lowest BCUT2D eigenvalue weighted by atomic mass is 10.3. The van der Waals surface area contributed by atoms with Crippen LogP contribution in [0.2, 0.25) is 5.02 Å². The van der Waals surface area contributed by atoms with Gasteiger partial charge in [-0.2, -0.15) is 15.0 Å². The Hall–Kier alpha value is -2.15. The van der Waals surface area contributed by atoms with Crippen molar-refractivity contribution in [2.24, 2.45) is 0 Å². The summed E-state index contributed by atoms with van der Waals surface area (Å²) in [6.07, 6.45) is 2.21. The first-order valence-corrected chi connectivity index (χ1v) is 6.97. The zero-order valence-electron chi connectivity index (χ0n) is 11.2. The summed E-state index contributed by atoms with van der Waals surface area (Å²) in [5.41, 5.74) is 6.17. The molecule has 110 valence electrons. The predicted octanol–water partition coefficient (Wildman–Crippen LogP) is 2.59. The van der Waals surface area contributed by atoms with Crippen molar-refractivity contribution in [2.75, 3.05) is 29.0 Å². The molecular weight excluding hydrogens is 295 g/mol. The molecule has 8 heteroatoms. The average molecular weight is 309 g/mol. The van der Waals surface area contributed by atoms with Crippen molar-refractivity contribution in [3.05, 3.63) is 29.0 Å². The maximum atomic E-state index is 13.3. The van der Waals surface area contributed by atoms with E-state index >= 15 is 0 Å². The molecule has 0 amide bonds. The number of nitrogen functional groups attached to an aromatic ring is 1. The van der Waals surface area contributed by atoms with Gasteiger partial charge >= 0.3 is 0 Å². The number of nitrogens with zero attached hydrogens (tertiary/aromatic N) is 4. The summed E-state index contributed by atoms with van der Waals surface area (Å²) in [5.74, 6) is 0.486. The van der Waals surface area contributed by atoms with Gasteiger partial charge < -0.3 is 16.0 Å². The minimum absolute atomic E-state index is 0.122. The summed E-state index contributed by atoms with van der Waals surface area (Å²) in [7, 11) is 0. The number of benzene rings is 1. The van der Waals surface area contributed by atoms with E-state index in [9.17, 15) is 4.39 Å². The van der Waals surface area contributed by atoms with Gasteiger partial charge in [-0.3, -0.25) is 0 Å². The summed E-state index contributed by atoms with van der Waals surface area (Å²) in [6.45, 7) is 1.80. The molecule has 1 aromatic carbocycles. The molecule has 3 N–H and O–H groups in total. The number of anilines is 4. The van der Waals surface area contributed by atoms with Gasteiger partial charge in [-0.15, -0.1) is 0 Å². The van der Waals surface area contributed by atoms with Gasteiger partial charge in [0, 0.05) is 23.8 Å². The summed E-state index contributed by atoms with van der Waals surface area (Å²) in [4.78, 5) is 14.5. The molecule has 0 atom stereocenters. The minimum Gasteiger partial charge on any atom is -0.368 e. The topological polar surface area (TPSA) is 80.0 Å². The zero-order chi connectivity index (χ0) is 14.8. The molecule has 1 fully saturated rings. The van der Waals surface area contributed by atoms with Gasteiger partial charge in [0.25, 0.3) is 0 Å². The molecule has 6 nitrogen and oxygen atoms in total. The number of nitrogens with one attached hydrogen (secondary N) is 1. The van der Waals surface area contributed by atoms with Crippen LogP contribution in [-0.2, 0) is 0 Å². The molecule has 0 radical (unpaired) electrons. The van der Waals surface area contributed by atoms with Gasteiger partial charge in [0.1, 0.15) is 5.82 Å². The van der Waals surface area contributed by atoms with Crippen molar-refractivity contribution in [3.63, 3.8) is 0 Å². The van der Waals surface area contributed by atoms with Crippen LogP contribution >= 0.6 is 11.6 Å². The van der Waals surface area contributed by atoms with Crippen molar-refractivity contribution in [2.45, 2.75) is 12.8 Å². The number of halogens is 2. The van der Waals surface area contributed by atoms with E-state index in [4.69, 9.17) is 17.3 Å². The first kappa shape index (κ1) is 13.8. The minimum atomic E-state index is -0.438. The SMILES string of the molecule is Nc1nc(Nc2cc(F)cc(Cl)c2)nc(N2CCCC2)n1. The van der Waals surface area contributed by atoms with E-state index < -0.39 is 5.82 Å². The number of aromatic nitrogens is 3. The highest BCUT2D eigenvalue weighted by atomic mass is 35.5. The third kappa shape index (κ3) is 3.30.